The highest BCUT2D eigenvalue weighted by Crippen LogP contribution is 2.27. The van der Waals surface area contributed by atoms with E-state index in [1.165, 1.54) is 15.9 Å². The monoisotopic (exact) mass is 470 g/mol. The number of hydrogen-bond donors (Lipinski definition) is 2. The molecule has 4 rings (SSSR count). The zero-order valence-electron chi connectivity index (χ0n) is 17.9. The maximum atomic E-state index is 14.6. The SMILES string of the molecule is COc1ccc(-c2ccc(S(=O)(=O)N3CCc4cc(C(=O)NO)cc(F)c4CC3)cc2)cc1. The highest BCUT2D eigenvalue weighted by Gasteiger charge is 2.28. The summed E-state index contributed by atoms with van der Waals surface area (Å²) in [5, 5.41) is 8.81. The Hall–Kier alpha value is -3.27. The molecule has 1 amide bonds. The van der Waals surface area contributed by atoms with Crippen LogP contribution in [0.25, 0.3) is 11.1 Å². The normalized spacial score (nSPS) is 14.3. The first-order chi connectivity index (χ1) is 15.8. The number of nitrogens with zero attached hydrogens (tertiary/aromatic N) is 1. The van der Waals surface area contributed by atoms with E-state index in [2.05, 4.69) is 0 Å². The molecule has 0 unspecified atom stereocenters. The van der Waals surface area contributed by atoms with E-state index in [0.29, 0.717) is 11.1 Å². The van der Waals surface area contributed by atoms with Gasteiger partial charge >= 0.3 is 0 Å². The Morgan fingerprint density at radius 2 is 1.61 bits per heavy atom. The van der Waals surface area contributed by atoms with Gasteiger partial charge in [-0.3, -0.25) is 10.0 Å². The van der Waals surface area contributed by atoms with Crippen LogP contribution in [0.5, 0.6) is 5.75 Å². The van der Waals surface area contributed by atoms with E-state index in [1.54, 1.807) is 31.4 Å². The molecule has 3 aromatic rings. The highest BCUT2D eigenvalue weighted by molar-refractivity contribution is 7.89. The van der Waals surface area contributed by atoms with Crippen molar-refractivity contribution in [1.82, 2.24) is 9.79 Å². The van der Waals surface area contributed by atoms with E-state index in [4.69, 9.17) is 9.94 Å². The molecule has 0 fully saturated rings. The number of ether oxygens (including phenoxy) is 1. The number of methoxy groups -OCH3 is 1. The number of fused-ring (bicyclic) bond motifs is 1. The van der Waals surface area contributed by atoms with Crippen LogP contribution in [-0.4, -0.2) is 44.0 Å². The lowest BCUT2D eigenvalue weighted by atomic mass is 9.99. The Morgan fingerprint density at radius 3 is 2.21 bits per heavy atom. The largest absolute Gasteiger partial charge is 0.497 e. The first-order valence-corrected chi connectivity index (χ1v) is 11.8. The van der Waals surface area contributed by atoms with Gasteiger partial charge in [0.1, 0.15) is 11.6 Å². The van der Waals surface area contributed by atoms with Crippen molar-refractivity contribution in [2.24, 2.45) is 0 Å². The molecular weight excluding hydrogens is 447 g/mol. The van der Waals surface area contributed by atoms with E-state index < -0.39 is 21.7 Å². The third-order valence-electron chi connectivity index (χ3n) is 5.81. The van der Waals surface area contributed by atoms with Crippen molar-refractivity contribution in [3.8, 4) is 16.9 Å². The van der Waals surface area contributed by atoms with Crippen molar-refractivity contribution in [2.45, 2.75) is 17.7 Å². The van der Waals surface area contributed by atoms with Crippen LogP contribution in [-0.2, 0) is 22.9 Å². The molecule has 1 aliphatic rings. The second-order valence-electron chi connectivity index (χ2n) is 7.69. The van der Waals surface area contributed by atoms with Crippen LogP contribution in [0.2, 0.25) is 0 Å². The molecule has 0 atom stereocenters. The topological polar surface area (TPSA) is 95.9 Å². The predicted octanol–water partition coefficient (Wildman–Crippen LogP) is 3.41. The minimum Gasteiger partial charge on any atom is -0.497 e. The molecule has 1 heterocycles. The fourth-order valence-corrected chi connectivity index (χ4v) is 5.42. The number of hydrogen-bond acceptors (Lipinski definition) is 5. The van der Waals surface area contributed by atoms with Crippen molar-refractivity contribution in [2.75, 3.05) is 20.2 Å². The lowest BCUT2D eigenvalue weighted by Gasteiger charge is -2.20. The maximum absolute atomic E-state index is 14.6. The van der Waals surface area contributed by atoms with E-state index in [9.17, 15) is 17.6 Å². The summed E-state index contributed by atoms with van der Waals surface area (Å²) in [6.07, 6.45) is 0.438. The van der Waals surface area contributed by atoms with Crippen molar-refractivity contribution < 1.29 is 27.5 Å². The summed E-state index contributed by atoms with van der Waals surface area (Å²) in [6.45, 7) is 0.275. The molecule has 0 aromatic heterocycles. The van der Waals surface area contributed by atoms with Crippen molar-refractivity contribution in [1.29, 1.82) is 0 Å². The summed E-state index contributed by atoms with van der Waals surface area (Å²) in [4.78, 5) is 11.8. The molecule has 1 aliphatic heterocycles. The summed E-state index contributed by atoms with van der Waals surface area (Å²) in [6, 6.07) is 16.6. The van der Waals surface area contributed by atoms with E-state index >= 15 is 0 Å². The van der Waals surface area contributed by atoms with Gasteiger partial charge in [-0.2, -0.15) is 4.31 Å². The Labute approximate surface area is 191 Å². The van der Waals surface area contributed by atoms with Crippen LogP contribution in [0, 0.1) is 5.82 Å². The first-order valence-electron chi connectivity index (χ1n) is 10.3. The molecule has 0 radical (unpaired) electrons. The van der Waals surface area contributed by atoms with Gasteiger partial charge in [0.05, 0.1) is 12.0 Å². The van der Waals surface area contributed by atoms with Crippen LogP contribution in [0.4, 0.5) is 4.39 Å². The van der Waals surface area contributed by atoms with Gasteiger partial charge in [0.15, 0.2) is 0 Å². The van der Waals surface area contributed by atoms with Crippen LogP contribution < -0.4 is 10.2 Å². The van der Waals surface area contributed by atoms with E-state index in [1.807, 2.05) is 24.3 Å². The quantitative estimate of drug-likeness (QED) is 0.440. The molecule has 7 nitrogen and oxygen atoms in total. The molecule has 0 saturated heterocycles. The summed E-state index contributed by atoms with van der Waals surface area (Å²) >= 11 is 0. The molecular formula is C24H23FN2O5S. The maximum Gasteiger partial charge on any atom is 0.274 e. The van der Waals surface area contributed by atoms with E-state index in [0.717, 1.165) is 22.9 Å². The molecule has 3 aromatic carbocycles. The zero-order chi connectivity index (χ0) is 23.6. The van der Waals surface area contributed by atoms with Crippen molar-refractivity contribution >= 4 is 15.9 Å². The lowest BCUT2D eigenvalue weighted by molar-refractivity contribution is 0.0705. The van der Waals surface area contributed by atoms with Gasteiger partial charge in [0.2, 0.25) is 10.0 Å². The smallest absolute Gasteiger partial charge is 0.274 e. The molecule has 172 valence electrons. The van der Waals surface area contributed by atoms with Gasteiger partial charge in [0.25, 0.3) is 5.91 Å². The summed E-state index contributed by atoms with van der Waals surface area (Å²) in [5.74, 6) is -0.669. The molecule has 0 saturated carbocycles. The number of hydroxylamine groups is 1. The Bertz CT molecular complexity index is 1280. The Morgan fingerprint density at radius 1 is 1.00 bits per heavy atom. The first kappa shape index (κ1) is 22.9. The van der Waals surface area contributed by atoms with Crippen LogP contribution in [0.3, 0.4) is 0 Å². The number of halogens is 1. The van der Waals surface area contributed by atoms with Gasteiger partial charge in [-0.05, 0) is 71.5 Å². The molecule has 9 heteroatoms. The molecule has 33 heavy (non-hydrogen) atoms. The van der Waals surface area contributed by atoms with Crippen LogP contribution >= 0.6 is 0 Å². The summed E-state index contributed by atoms with van der Waals surface area (Å²) in [7, 11) is -2.19. The van der Waals surface area contributed by atoms with Gasteiger partial charge in [-0.15, -0.1) is 0 Å². The highest BCUT2D eigenvalue weighted by atomic mass is 32.2. The number of sulfonamides is 1. The Balaban J connectivity index is 1.55. The third kappa shape index (κ3) is 4.61. The summed E-state index contributed by atoms with van der Waals surface area (Å²) < 4.78 is 47.6. The van der Waals surface area contributed by atoms with Crippen molar-refractivity contribution in [3.63, 3.8) is 0 Å². The third-order valence-corrected chi connectivity index (χ3v) is 7.72. The average Bonchev–Trinajstić information content (AvgIpc) is 3.07. The summed E-state index contributed by atoms with van der Waals surface area (Å²) in [5.41, 5.74) is 4.22. The average molecular weight is 471 g/mol. The van der Waals surface area contributed by atoms with E-state index in [-0.39, 0.29) is 36.4 Å². The fourth-order valence-electron chi connectivity index (χ4n) is 3.98. The molecule has 0 aliphatic carbocycles. The molecule has 0 bridgehead atoms. The lowest BCUT2D eigenvalue weighted by Crippen LogP contribution is -2.33. The van der Waals surface area contributed by atoms with Crippen LogP contribution in [0.1, 0.15) is 21.5 Å². The number of amides is 1. The number of rotatable bonds is 5. The number of carbonyl (C=O) groups is 1. The van der Waals surface area contributed by atoms with Crippen LogP contribution in [0.15, 0.2) is 65.6 Å². The standard InChI is InChI=1S/C24H23FN2O5S/c1-32-20-6-2-16(3-7-20)17-4-8-21(9-5-17)33(30,31)27-12-10-18-14-19(24(28)26-29)15-23(25)22(18)11-13-27/h2-9,14-15,29H,10-13H2,1H3,(H,26,28). The minimum absolute atomic E-state index is 0.0147. The van der Waals surface area contributed by atoms with Gasteiger partial charge < -0.3 is 4.74 Å². The number of nitrogens with one attached hydrogen (secondary N) is 1. The van der Waals surface area contributed by atoms with Gasteiger partial charge in [-0.1, -0.05) is 24.3 Å². The fraction of sp³-hybridized carbons (Fsp3) is 0.208. The second kappa shape index (κ2) is 9.30. The second-order valence-corrected chi connectivity index (χ2v) is 9.63. The zero-order valence-corrected chi connectivity index (χ0v) is 18.7. The van der Waals surface area contributed by atoms with Crippen molar-refractivity contribution in [3.05, 3.63) is 83.2 Å². The molecule has 2 N–H and O–H groups in total. The number of carbonyl (C=O) groups excluding carboxylic acids is 1. The van der Waals surface area contributed by atoms with Gasteiger partial charge in [-0.25, -0.2) is 18.3 Å². The Kier molecular flexibility index (Phi) is 6.46. The predicted molar refractivity (Wildman–Crippen MR) is 120 cm³/mol. The number of benzene rings is 3. The minimum atomic E-state index is -3.79. The van der Waals surface area contributed by atoms with Gasteiger partial charge in [0, 0.05) is 18.7 Å². The molecule has 0 spiro atoms.